The lowest BCUT2D eigenvalue weighted by Crippen LogP contribution is -2.02. The zero-order chi connectivity index (χ0) is 15.9. The average molecular weight is 542 g/mol. The fourth-order valence-corrected chi connectivity index (χ4v) is 3.19. The molecule has 0 aliphatic rings. The van der Waals surface area contributed by atoms with E-state index in [-0.39, 0.29) is 0 Å². The van der Waals surface area contributed by atoms with Crippen molar-refractivity contribution in [2.75, 3.05) is 0 Å². The Morgan fingerprint density at radius 2 is 1.95 bits per heavy atom. The van der Waals surface area contributed by atoms with Crippen LogP contribution in [0.5, 0.6) is 17.2 Å². The van der Waals surface area contributed by atoms with Gasteiger partial charge < -0.3 is 12.0 Å². The van der Waals surface area contributed by atoms with Gasteiger partial charge in [0.1, 0.15) is 32.9 Å². The highest BCUT2D eigenvalue weighted by molar-refractivity contribution is 14.2. The Labute approximate surface area is 159 Å². The first kappa shape index (κ1) is 17.7. The molecule has 0 heterocycles. The summed E-state index contributed by atoms with van der Waals surface area (Å²) in [6.45, 7) is 2.21. The molecule has 2 aromatic carbocycles. The third-order valence-electron chi connectivity index (χ3n) is 3.03. The number of rotatable bonds is 7. The molecule has 0 saturated carbocycles. The van der Waals surface area contributed by atoms with Gasteiger partial charge in [0.15, 0.2) is 35.0 Å². The van der Waals surface area contributed by atoms with Gasteiger partial charge in [-0.05, 0) is 12.5 Å². The van der Waals surface area contributed by atoms with Crippen molar-refractivity contribution >= 4 is 59.7 Å². The van der Waals surface area contributed by atoms with Gasteiger partial charge in [-0.3, -0.25) is 4.79 Å². The Hall–Kier alpha value is -0.680. The van der Waals surface area contributed by atoms with Crippen LogP contribution in [0.2, 0.25) is 0 Å². The molecule has 2 aromatic rings. The summed E-state index contributed by atoms with van der Waals surface area (Å²) < 4.78 is 16.6. The van der Waals surface area contributed by atoms with Gasteiger partial charge in [0, 0.05) is 32.8 Å². The van der Waals surface area contributed by atoms with Crippen molar-refractivity contribution < 1.29 is 16.8 Å². The minimum absolute atomic E-state index is 0.365. The Morgan fingerprint density at radius 3 is 2.55 bits per heavy atom. The van der Waals surface area contributed by atoms with Crippen LogP contribution in [-0.4, -0.2) is 6.29 Å². The highest BCUT2D eigenvalue weighted by Gasteiger charge is 2.19. The maximum atomic E-state index is 11.5. The molecule has 0 unspecified atom stereocenters. The molecule has 116 valence electrons. The minimum atomic E-state index is 0.365. The smallest absolute Gasteiger partial charge is 0.192 e. The van der Waals surface area contributed by atoms with Crippen molar-refractivity contribution in [2.45, 2.75) is 13.5 Å². The maximum absolute atomic E-state index is 11.5. The number of halogens is 2. The summed E-state index contributed by atoms with van der Waals surface area (Å²) in [4.78, 5) is 11.5. The monoisotopic (exact) mass is 542 g/mol. The number of hydrogen-bond donors (Lipinski definition) is 0. The van der Waals surface area contributed by atoms with Crippen molar-refractivity contribution in [2.24, 2.45) is 0 Å². The van der Waals surface area contributed by atoms with Crippen LogP contribution in [0.3, 0.4) is 0 Å². The Balaban J connectivity index is 2.38. The largest absolute Gasteiger partial charge is 0.488 e. The topological polar surface area (TPSA) is 44.8 Å². The average Bonchev–Trinajstić information content (AvgIpc) is 2.55. The van der Waals surface area contributed by atoms with E-state index in [9.17, 15) is 4.79 Å². The molecule has 0 aliphatic heterocycles. The molecular formula is C15H12I2O4S. The molecule has 0 radical (unpaired) electrons. The van der Waals surface area contributed by atoms with Crippen LogP contribution >= 0.6 is 53.4 Å². The number of hydrogen-bond acceptors (Lipinski definition) is 5. The normalized spacial score (nSPS) is 10.1. The molecule has 0 aliphatic carbocycles. The van der Waals surface area contributed by atoms with Gasteiger partial charge in [-0.2, -0.15) is 0 Å². The first-order valence-corrected chi connectivity index (χ1v) is 10.4. The van der Waals surface area contributed by atoms with Gasteiger partial charge in [-0.1, -0.05) is 30.3 Å². The molecule has 0 atom stereocenters. The second-order valence-corrected chi connectivity index (χ2v) is 6.17. The summed E-state index contributed by atoms with van der Waals surface area (Å²) in [5.74, 6) is 1.51. The molecule has 0 aromatic heterocycles. The number of carbonyl (C=O) groups is 1. The van der Waals surface area contributed by atoms with Crippen LogP contribution < -0.4 is 12.0 Å². The summed E-state index contributed by atoms with van der Waals surface area (Å²) >= 11 is 3.79. The van der Waals surface area contributed by atoms with Crippen molar-refractivity contribution in [3.8, 4) is 17.2 Å². The third-order valence-corrected chi connectivity index (χ3v) is 4.29. The summed E-state index contributed by atoms with van der Waals surface area (Å²) in [6, 6.07) is 11.4. The van der Waals surface area contributed by atoms with E-state index in [4.69, 9.17) is 12.0 Å². The maximum Gasteiger partial charge on any atom is 0.192 e. The van der Waals surface area contributed by atoms with Gasteiger partial charge in [0.05, 0.1) is 0 Å². The molecule has 0 bridgehead atoms. The van der Waals surface area contributed by atoms with Crippen molar-refractivity contribution in [1.29, 1.82) is 0 Å². The highest BCUT2D eigenvalue weighted by Crippen LogP contribution is 2.40. The molecule has 0 amide bonds. The first-order chi connectivity index (χ1) is 10.7. The van der Waals surface area contributed by atoms with E-state index >= 15 is 0 Å². The number of carbonyl (C=O) groups excluding carboxylic acids is 1. The van der Waals surface area contributed by atoms with E-state index in [1.54, 1.807) is 29.1 Å². The molecule has 0 saturated heterocycles. The number of benzene rings is 2. The lowest BCUT2D eigenvalue weighted by molar-refractivity contribution is 0.111. The van der Waals surface area contributed by atoms with Crippen molar-refractivity contribution in [3.05, 3.63) is 53.1 Å². The highest BCUT2D eigenvalue weighted by atomic mass is 127. The summed E-state index contributed by atoms with van der Waals surface area (Å²) in [5.41, 5.74) is 2.17. The van der Waals surface area contributed by atoms with Gasteiger partial charge in [0.2, 0.25) is 0 Å². The van der Waals surface area contributed by atoms with Crippen LogP contribution in [0.4, 0.5) is 0 Å². The van der Waals surface area contributed by atoms with Crippen molar-refractivity contribution in [1.82, 2.24) is 0 Å². The van der Waals surface area contributed by atoms with Gasteiger partial charge in [-0.25, -0.2) is 0 Å². The fourth-order valence-electron chi connectivity index (χ4n) is 1.94. The van der Waals surface area contributed by atoms with Gasteiger partial charge >= 0.3 is 0 Å². The second kappa shape index (κ2) is 8.82. The molecule has 22 heavy (non-hydrogen) atoms. The van der Waals surface area contributed by atoms with E-state index in [0.29, 0.717) is 29.4 Å². The number of aldehydes is 1. The quantitative estimate of drug-likeness (QED) is 0.263. The third kappa shape index (κ3) is 4.19. The van der Waals surface area contributed by atoms with Gasteiger partial charge in [0.25, 0.3) is 0 Å². The lowest BCUT2D eigenvalue weighted by atomic mass is 10.1. The molecule has 0 N–H and O–H groups in total. The first-order valence-electron chi connectivity index (χ1n) is 6.24. The van der Waals surface area contributed by atoms with Crippen LogP contribution in [0.25, 0.3) is 0 Å². The zero-order valence-electron chi connectivity index (χ0n) is 11.5. The van der Waals surface area contributed by atoms with Crippen LogP contribution in [-0.2, 0) is 6.61 Å². The van der Waals surface area contributed by atoms with E-state index in [1.165, 1.54) is 0 Å². The minimum Gasteiger partial charge on any atom is -0.488 e. The molecule has 0 spiro atoms. The Morgan fingerprint density at radius 1 is 1.23 bits per heavy atom. The molecule has 2 rings (SSSR count). The fraction of sp³-hybridized carbons (Fsp3) is 0.133. The van der Waals surface area contributed by atoms with E-state index in [1.807, 2.05) is 58.5 Å². The summed E-state index contributed by atoms with van der Waals surface area (Å²) in [7, 11) is 1.13. The number of ether oxygens (including phenoxy) is 1. The van der Waals surface area contributed by atoms with Crippen LogP contribution in [0.1, 0.15) is 21.5 Å². The summed E-state index contributed by atoms with van der Waals surface area (Å²) in [6.07, 6.45) is 0.743. The van der Waals surface area contributed by atoms with Crippen molar-refractivity contribution in [3.63, 3.8) is 0 Å². The standard InChI is InChI=1S/C15H12I2O4S/c1-10-13(20-16)7-14(21-22-17)12(8-18)15(10)19-9-11-5-3-2-4-6-11/h2-8H,9H2,1H3. The van der Waals surface area contributed by atoms with Gasteiger partial charge in [-0.15, -0.1) is 0 Å². The predicted octanol–water partition coefficient (Wildman–Crippen LogP) is 5.49. The van der Waals surface area contributed by atoms with E-state index < -0.39 is 0 Å². The zero-order valence-corrected chi connectivity index (χ0v) is 16.7. The molecular weight excluding hydrogens is 530 g/mol. The second-order valence-electron chi connectivity index (χ2n) is 4.36. The van der Waals surface area contributed by atoms with Crippen LogP contribution in [0.15, 0.2) is 36.4 Å². The Kier molecular flexibility index (Phi) is 7.09. The molecule has 4 nitrogen and oxygen atoms in total. The van der Waals surface area contributed by atoms with E-state index in [2.05, 4.69) is 0 Å². The Bertz CT molecular complexity index is 650. The van der Waals surface area contributed by atoms with E-state index in [0.717, 1.165) is 26.6 Å². The van der Waals surface area contributed by atoms with Crippen LogP contribution in [0, 0.1) is 6.92 Å². The molecule has 0 fully saturated rings. The lowest BCUT2D eigenvalue weighted by Gasteiger charge is -2.16. The summed E-state index contributed by atoms with van der Waals surface area (Å²) in [5, 5.41) is 0. The predicted molar refractivity (Wildman–Crippen MR) is 104 cm³/mol. The molecule has 7 heteroatoms. The SMILES string of the molecule is Cc1c(OI)cc(OSI)c(C=O)c1OCc1ccccc1.